The van der Waals surface area contributed by atoms with E-state index >= 15 is 0 Å². The average Bonchev–Trinajstić information content (AvgIpc) is 2.96. The van der Waals surface area contributed by atoms with Crippen molar-refractivity contribution in [3.8, 4) is 6.07 Å². The lowest BCUT2D eigenvalue weighted by Crippen LogP contribution is -2.09. The maximum absolute atomic E-state index is 10.9. The molecule has 1 aromatic heterocycles. The van der Waals surface area contributed by atoms with Crippen molar-refractivity contribution in [1.82, 2.24) is 4.98 Å². The molecule has 74 valence electrons. The fourth-order valence-corrected chi connectivity index (χ4v) is 2.19. The minimum Gasteiger partial charge on any atom is -0.382 e. The lowest BCUT2D eigenvalue weighted by Gasteiger charge is -2.05. The summed E-state index contributed by atoms with van der Waals surface area (Å²) in [5.74, 6) is 0. The predicted octanol–water partition coefficient (Wildman–Crippen LogP) is 1.22. The van der Waals surface area contributed by atoms with Crippen LogP contribution in [0.3, 0.4) is 0 Å². The molecule has 2 heterocycles. The van der Waals surface area contributed by atoms with E-state index in [4.69, 9.17) is 5.26 Å². The summed E-state index contributed by atoms with van der Waals surface area (Å²) >= 11 is 0. The highest BCUT2D eigenvalue weighted by atomic mass is 16.1. The highest BCUT2D eigenvalue weighted by molar-refractivity contribution is 5.87. The van der Waals surface area contributed by atoms with Gasteiger partial charge in [0.1, 0.15) is 11.8 Å². The van der Waals surface area contributed by atoms with Gasteiger partial charge >= 0.3 is 0 Å². The van der Waals surface area contributed by atoms with Crippen LogP contribution < -0.4 is 5.32 Å². The Morgan fingerprint density at radius 1 is 1.60 bits per heavy atom. The molecule has 3 rings (SSSR count). The van der Waals surface area contributed by atoms with Gasteiger partial charge in [-0.1, -0.05) is 0 Å². The quantitative estimate of drug-likeness (QED) is 0.690. The fourth-order valence-electron chi connectivity index (χ4n) is 2.19. The first-order valence-corrected chi connectivity index (χ1v) is 4.94. The zero-order valence-corrected chi connectivity index (χ0v) is 8.08. The number of aromatic nitrogens is 1. The Morgan fingerprint density at radius 2 is 2.40 bits per heavy atom. The molecular weight excluding hydrogens is 190 g/mol. The van der Waals surface area contributed by atoms with Crippen LogP contribution in [0.25, 0.3) is 0 Å². The van der Waals surface area contributed by atoms with Gasteiger partial charge in [-0.15, -0.1) is 0 Å². The van der Waals surface area contributed by atoms with E-state index in [1.54, 1.807) is 6.07 Å². The van der Waals surface area contributed by atoms with Crippen molar-refractivity contribution in [2.75, 3.05) is 11.9 Å². The SMILES string of the molecule is N#Cc1cc(C=O)c2c(n1)C1(CC1)CN2. The van der Waals surface area contributed by atoms with Crippen molar-refractivity contribution in [3.63, 3.8) is 0 Å². The number of anilines is 1. The number of aldehydes is 1. The van der Waals surface area contributed by atoms with E-state index in [0.717, 1.165) is 37.1 Å². The molecule has 0 saturated heterocycles. The maximum atomic E-state index is 10.9. The van der Waals surface area contributed by atoms with Crippen LogP contribution in [0, 0.1) is 11.3 Å². The highest BCUT2D eigenvalue weighted by Gasteiger charge is 2.51. The molecule has 2 aliphatic rings. The van der Waals surface area contributed by atoms with Crippen LogP contribution >= 0.6 is 0 Å². The van der Waals surface area contributed by atoms with Gasteiger partial charge in [-0.25, -0.2) is 4.98 Å². The van der Waals surface area contributed by atoms with Gasteiger partial charge in [-0.05, 0) is 18.9 Å². The first-order valence-electron chi connectivity index (χ1n) is 4.94. The molecule has 1 spiro atoms. The van der Waals surface area contributed by atoms with Crippen LogP contribution in [0.4, 0.5) is 5.69 Å². The number of carbonyl (C=O) groups is 1. The van der Waals surface area contributed by atoms with E-state index in [2.05, 4.69) is 10.3 Å². The van der Waals surface area contributed by atoms with Crippen molar-refractivity contribution in [2.24, 2.45) is 0 Å². The number of nitriles is 1. The molecule has 1 saturated carbocycles. The van der Waals surface area contributed by atoms with Crippen molar-refractivity contribution in [2.45, 2.75) is 18.3 Å². The highest BCUT2D eigenvalue weighted by Crippen LogP contribution is 2.53. The Kier molecular flexibility index (Phi) is 1.44. The normalized spacial score (nSPS) is 19.1. The summed E-state index contributed by atoms with van der Waals surface area (Å²) in [7, 11) is 0. The Hall–Kier alpha value is -1.89. The molecule has 0 amide bonds. The number of hydrogen-bond donors (Lipinski definition) is 1. The zero-order valence-electron chi connectivity index (χ0n) is 8.08. The maximum Gasteiger partial charge on any atom is 0.152 e. The molecule has 0 aromatic carbocycles. The smallest absolute Gasteiger partial charge is 0.152 e. The average molecular weight is 199 g/mol. The lowest BCUT2D eigenvalue weighted by molar-refractivity contribution is 0.112. The minimum absolute atomic E-state index is 0.125. The Bertz CT molecular complexity index is 497. The molecule has 1 N–H and O–H groups in total. The minimum atomic E-state index is 0.125. The van der Waals surface area contributed by atoms with Crippen molar-refractivity contribution < 1.29 is 4.79 Å². The van der Waals surface area contributed by atoms with Crippen molar-refractivity contribution in [1.29, 1.82) is 5.26 Å². The monoisotopic (exact) mass is 199 g/mol. The van der Waals surface area contributed by atoms with E-state index in [0.29, 0.717) is 11.3 Å². The number of fused-ring (bicyclic) bond motifs is 2. The largest absolute Gasteiger partial charge is 0.382 e. The topological polar surface area (TPSA) is 65.8 Å². The number of pyridine rings is 1. The molecule has 1 aliphatic heterocycles. The lowest BCUT2D eigenvalue weighted by atomic mass is 10.0. The van der Waals surface area contributed by atoms with Gasteiger partial charge in [0.15, 0.2) is 6.29 Å². The van der Waals surface area contributed by atoms with E-state index in [1.165, 1.54) is 0 Å². The van der Waals surface area contributed by atoms with Crippen LogP contribution in [-0.2, 0) is 5.41 Å². The molecule has 15 heavy (non-hydrogen) atoms. The molecular formula is C11H9N3O. The second kappa shape index (κ2) is 2.57. The third-order valence-electron chi connectivity index (χ3n) is 3.25. The molecule has 0 radical (unpaired) electrons. The summed E-state index contributed by atoms with van der Waals surface area (Å²) in [6, 6.07) is 3.54. The summed E-state index contributed by atoms with van der Waals surface area (Å²) in [6.07, 6.45) is 3.00. The third-order valence-corrected chi connectivity index (χ3v) is 3.25. The van der Waals surface area contributed by atoms with Gasteiger partial charge in [0.2, 0.25) is 0 Å². The molecule has 1 aliphatic carbocycles. The Balaban J connectivity index is 2.25. The number of nitrogens with one attached hydrogen (secondary N) is 1. The molecule has 0 unspecified atom stereocenters. The van der Waals surface area contributed by atoms with E-state index < -0.39 is 0 Å². The van der Waals surface area contributed by atoms with Crippen LogP contribution in [0.2, 0.25) is 0 Å². The molecule has 0 atom stereocenters. The number of hydrogen-bond acceptors (Lipinski definition) is 4. The van der Waals surface area contributed by atoms with Crippen LogP contribution in [0.1, 0.15) is 34.6 Å². The van der Waals surface area contributed by atoms with E-state index in [-0.39, 0.29) is 5.41 Å². The molecule has 0 bridgehead atoms. The summed E-state index contributed by atoms with van der Waals surface area (Å²) in [4.78, 5) is 15.2. The number of rotatable bonds is 1. The molecule has 4 nitrogen and oxygen atoms in total. The van der Waals surface area contributed by atoms with Crippen LogP contribution in [-0.4, -0.2) is 17.8 Å². The number of carbonyl (C=O) groups excluding carboxylic acids is 1. The van der Waals surface area contributed by atoms with Gasteiger partial charge in [-0.2, -0.15) is 5.26 Å². The number of nitrogens with zero attached hydrogens (tertiary/aromatic N) is 2. The third kappa shape index (κ3) is 1.00. The van der Waals surface area contributed by atoms with Gasteiger partial charge < -0.3 is 5.32 Å². The first kappa shape index (κ1) is 8.42. The van der Waals surface area contributed by atoms with Crippen LogP contribution in [0.15, 0.2) is 6.07 Å². The van der Waals surface area contributed by atoms with Gasteiger partial charge in [0, 0.05) is 17.5 Å². The Morgan fingerprint density at radius 3 is 3.00 bits per heavy atom. The van der Waals surface area contributed by atoms with Gasteiger partial charge in [-0.3, -0.25) is 4.79 Å². The second-order valence-corrected chi connectivity index (χ2v) is 4.18. The van der Waals surface area contributed by atoms with E-state index in [1.807, 2.05) is 6.07 Å². The summed E-state index contributed by atoms with van der Waals surface area (Å²) < 4.78 is 0. The zero-order chi connectivity index (χ0) is 10.5. The van der Waals surface area contributed by atoms with Crippen LogP contribution in [0.5, 0.6) is 0 Å². The summed E-state index contributed by atoms with van der Waals surface area (Å²) in [6.45, 7) is 0.852. The molecule has 1 aromatic rings. The van der Waals surface area contributed by atoms with E-state index in [9.17, 15) is 4.79 Å². The first-order chi connectivity index (χ1) is 7.29. The second-order valence-electron chi connectivity index (χ2n) is 4.18. The molecule has 1 fully saturated rings. The molecule has 4 heteroatoms. The van der Waals surface area contributed by atoms with Gasteiger partial charge in [0.25, 0.3) is 0 Å². The van der Waals surface area contributed by atoms with Gasteiger partial charge in [0.05, 0.1) is 11.4 Å². The summed E-state index contributed by atoms with van der Waals surface area (Å²) in [5.41, 5.74) is 2.77. The fraction of sp³-hybridized carbons (Fsp3) is 0.364. The summed E-state index contributed by atoms with van der Waals surface area (Å²) in [5, 5.41) is 12.1. The van der Waals surface area contributed by atoms with Crippen molar-refractivity contribution in [3.05, 3.63) is 23.0 Å². The standard InChI is InChI=1S/C11H9N3O/c12-4-8-3-7(5-15)9-10(14-8)11(1-2-11)6-13-9/h3,5,13H,1-2,6H2. The predicted molar refractivity (Wildman–Crippen MR) is 53.7 cm³/mol. The Labute approximate surface area is 86.9 Å². The van der Waals surface area contributed by atoms with Crippen molar-refractivity contribution >= 4 is 12.0 Å².